The Kier molecular flexibility index (Phi) is 4.93. The molecular weight excluding hydrogens is 318 g/mol. The fourth-order valence-corrected chi connectivity index (χ4v) is 2.62. The summed E-state index contributed by atoms with van der Waals surface area (Å²) in [5.74, 6) is 0.773. The van der Waals surface area contributed by atoms with Crippen molar-refractivity contribution in [1.29, 1.82) is 0 Å². The van der Waals surface area contributed by atoms with E-state index in [-0.39, 0.29) is 18.1 Å². The van der Waals surface area contributed by atoms with Crippen LogP contribution in [0.1, 0.15) is 38.1 Å². The fraction of sp³-hybridized carbons (Fsp3) is 0.438. The molecule has 1 aliphatic rings. The van der Waals surface area contributed by atoms with Gasteiger partial charge in [-0.2, -0.15) is 4.98 Å². The summed E-state index contributed by atoms with van der Waals surface area (Å²) in [6.07, 6.45) is 2.34. The third-order valence-electron chi connectivity index (χ3n) is 3.73. The molecule has 23 heavy (non-hydrogen) atoms. The van der Waals surface area contributed by atoms with Gasteiger partial charge in [0.25, 0.3) is 5.89 Å². The highest BCUT2D eigenvalue weighted by atomic mass is 35.5. The third-order valence-corrected chi connectivity index (χ3v) is 3.99. The molecule has 0 bridgehead atoms. The number of nitrogens with one attached hydrogen (secondary N) is 1. The highest BCUT2D eigenvalue weighted by Crippen LogP contribution is 2.21. The molecule has 1 aromatic carbocycles. The van der Waals surface area contributed by atoms with Gasteiger partial charge in [-0.25, -0.2) is 0 Å². The lowest BCUT2D eigenvalue weighted by Gasteiger charge is -2.12. The summed E-state index contributed by atoms with van der Waals surface area (Å²) >= 11 is 5.86. The van der Waals surface area contributed by atoms with E-state index in [0.717, 1.165) is 25.0 Å². The molecule has 1 aromatic heterocycles. The topological polar surface area (TPSA) is 77.2 Å². The van der Waals surface area contributed by atoms with Crippen LogP contribution in [0.2, 0.25) is 5.02 Å². The predicted molar refractivity (Wildman–Crippen MR) is 84.9 cm³/mol. The van der Waals surface area contributed by atoms with Crippen LogP contribution in [0.4, 0.5) is 0 Å². The number of hydrogen-bond donors (Lipinski definition) is 1. The van der Waals surface area contributed by atoms with E-state index >= 15 is 0 Å². The zero-order chi connectivity index (χ0) is 16.2. The normalized spacial score (nSPS) is 18.8. The van der Waals surface area contributed by atoms with Crippen LogP contribution in [0, 0.1) is 0 Å². The molecule has 1 aliphatic heterocycles. The summed E-state index contributed by atoms with van der Waals surface area (Å²) in [5, 5.41) is 7.45. The minimum Gasteiger partial charge on any atom is -0.378 e. The van der Waals surface area contributed by atoms with Crippen molar-refractivity contribution < 1.29 is 14.1 Å². The first-order chi connectivity index (χ1) is 11.1. The first-order valence-corrected chi connectivity index (χ1v) is 8.00. The van der Waals surface area contributed by atoms with Crippen LogP contribution in [0.25, 0.3) is 11.5 Å². The van der Waals surface area contributed by atoms with Crippen molar-refractivity contribution in [2.45, 2.75) is 38.3 Å². The molecule has 2 heterocycles. The molecule has 2 aromatic rings. The highest BCUT2D eigenvalue weighted by Gasteiger charge is 2.22. The Morgan fingerprint density at radius 3 is 2.91 bits per heavy atom. The molecule has 1 fully saturated rings. The lowest BCUT2D eigenvalue weighted by molar-refractivity contribution is -0.123. The van der Waals surface area contributed by atoms with Crippen molar-refractivity contribution in [2.75, 3.05) is 6.61 Å². The summed E-state index contributed by atoms with van der Waals surface area (Å²) in [6, 6.07) is 6.80. The van der Waals surface area contributed by atoms with Gasteiger partial charge in [0.05, 0.1) is 18.6 Å². The SMILES string of the molecule is C[C@H](NC(=O)C[C@H]1CCCO1)c1noc(-c2ccc(Cl)cc2)n1. The molecule has 0 saturated carbocycles. The lowest BCUT2D eigenvalue weighted by Crippen LogP contribution is -2.30. The molecule has 0 aliphatic carbocycles. The van der Waals surface area contributed by atoms with Crippen LogP contribution >= 0.6 is 11.6 Å². The standard InChI is InChI=1S/C16H18ClN3O3/c1-10(18-14(21)9-13-3-2-8-22-13)15-19-16(23-20-15)11-4-6-12(17)7-5-11/h4-7,10,13H,2-3,8-9H2,1H3,(H,18,21)/t10-,13+/m0/s1. The molecule has 0 unspecified atom stereocenters. The minimum absolute atomic E-state index is 0.0251. The summed E-state index contributed by atoms with van der Waals surface area (Å²) < 4.78 is 10.7. The molecule has 0 radical (unpaired) electrons. The van der Waals surface area contributed by atoms with Gasteiger partial charge in [-0.05, 0) is 44.0 Å². The van der Waals surface area contributed by atoms with Crippen LogP contribution < -0.4 is 5.32 Å². The Hall–Kier alpha value is -1.92. The molecule has 2 atom stereocenters. The number of amides is 1. The van der Waals surface area contributed by atoms with E-state index in [2.05, 4.69) is 15.5 Å². The summed E-state index contributed by atoms with van der Waals surface area (Å²) in [5.41, 5.74) is 0.783. The number of rotatable bonds is 5. The molecule has 1 amide bonds. The van der Waals surface area contributed by atoms with Crippen molar-refractivity contribution in [3.8, 4) is 11.5 Å². The van der Waals surface area contributed by atoms with Crippen LogP contribution in [0.5, 0.6) is 0 Å². The van der Waals surface area contributed by atoms with Gasteiger partial charge in [0.1, 0.15) is 0 Å². The van der Waals surface area contributed by atoms with E-state index in [9.17, 15) is 4.79 Å². The van der Waals surface area contributed by atoms with Gasteiger partial charge in [0.2, 0.25) is 5.91 Å². The van der Waals surface area contributed by atoms with Gasteiger partial charge in [0.15, 0.2) is 5.82 Å². The smallest absolute Gasteiger partial charge is 0.257 e. The summed E-state index contributed by atoms with van der Waals surface area (Å²) in [4.78, 5) is 16.3. The van der Waals surface area contributed by atoms with Crippen LogP contribution in [-0.2, 0) is 9.53 Å². The highest BCUT2D eigenvalue weighted by molar-refractivity contribution is 6.30. The Morgan fingerprint density at radius 2 is 2.22 bits per heavy atom. The van der Waals surface area contributed by atoms with E-state index < -0.39 is 0 Å². The molecule has 122 valence electrons. The average molecular weight is 336 g/mol. The van der Waals surface area contributed by atoms with Crippen molar-refractivity contribution >= 4 is 17.5 Å². The second kappa shape index (κ2) is 7.10. The van der Waals surface area contributed by atoms with E-state index in [1.807, 2.05) is 6.92 Å². The first-order valence-electron chi connectivity index (χ1n) is 7.62. The molecule has 6 nitrogen and oxygen atoms in total. The zero-order valence-electron chi connectivity index (χ0n) is 12.8. The van der Waals surface area contributed by atoms with Gasteiger partial charge >= 0.3 is 0 Å². The van der Waals surface area contributed by atoms with E-state index in [0.29, 0.717) is 23.2 Å². The monoisotopic (exact) mass is 335 g/mol. The number of halogens is 1. The Morgan fingerprint density at radius 1 is 1.43 bits per heavy atom. The zero-order valence-corrected chi connectivity index (χ0v) is 13.5. The van der Waals surface area contributed by atoms with Gasteiger partial charge < -0.3 is 14.6 Å². The maximum Gasteiger partial charge on any atom is 0.257 e. The summed E-state index contributed by atoms with van der Waals surface area (Å²) in [6.45, 7) is 2.56. The van der Waals surface area contributed by atoms with Crippen LogP contribution in [0.15, 0.2) is 28.8 Å². The van der Waals surface area contributed by atoms with E-state index in [1.54, 1.807) is 24.3 Å². The third kappa shape index (κ3) is 4.09. The number of aromatic nitrogens is 2. The Balaban J connectivity index is 1.60. The number of carbonyl (C=O) groups is 1. The predicted octanol–water partition coefficient (Wildman–Crippen LogP) is 3.14. The van der Waals surface area contributed by atoms with Gasteiger partial charge in [-0.3, -0.25) is 4.79 Å². The molecular formula is C16H18ClN3O3. The molecule has 3 rings (SSSR count). The quantitative estimate of drug-likeness (QED) is 0.908. The fourth-order valence-electron chi connectivity index (χ4n) is 2.50. The maximum absolute atomic E-state index is 12.0. The first kappa shape index (κ1) is 16.0. The Bertz CT molecular complexity index is 665. The Labute approximate surface area is 139 Å². The second-order valence-electron chi connectivity index (χ2n) is 5.59. The van der Waals surface area contributed by atoms with Crippen molar-refractivity contribution in [2.24, 2.45) is 0 Å². The van der Waals surface area contributed by atoms with Crippen molar-refractivity contribution in [3.05, 3.63) is 35.1 Å². The summed E-state index contributed by atoms with van der Waals surface area (Å²) in [7, 11) is 0. The molecule has 7 heteroatoms. The van der Waals surface area contributed by atoms with E-state index in [1.165, 1.54) is 0 Å². The number of carbonyl (C=O) groups excluding carboxylic acids is 1. The van der Waals surface area contributed by atoms with Gasteiger partial charge in [-0.15, -0.1) is 0 Å². The van der Waals surface area contributed by atoms with E-state index in [4.69, 9.17) is 20.9 Å². The van der Waals surface area contributed by atoms with Crippen molar-refractivity contribution in [1.82, 2.24) is 15.5 Å². The molecule has 0 spiro atoms. The number of benzene rings is 1. The van der Waals surface area contributed by atoms with Crippen LogP contribution in [-0.4, -0.2) is 28.8 Å². The second-order valence-corrected chi connectivity index (χ2v) is 6.03. The van der Waals surface area contributed by atoms with Gasteiger partial charge in [0, 0.05) is 17.2 Å². The molecule has 1 N–H and O–H groups in total. The van der Waals surface area contributed by atoms with Gasteiger partial charge in [-0.1, -0.05) is 16.8 Å². The number of hydrogen-bond acceptors (Lipinski definition) is 5. The largest absolute Gasteiger partial charge is 0.378 e. The lowest BCUT2D eigenvalue weighted by atomic mass is 10.1. The molecule has 1 saturated heterocycles. The minimum atomic E-state index is -0.325. The van der Waals surface area contributed by atoms with Crippen LogP contribution in [0.3, 0.4) is 0 Å². The number of ether oxygens (including phenoxy) is 1. The maximum atomic E-state index is 12.0. The van der Waals surface area contributed by atoms with Crippen molar-refractivity contribution in [3.63, 3.8) is 0 Å². The average Bonchev–Trinajstić information content (AvgIpc) is 3.19. The number of nitrogens with zero attached hydrogens (tertiary/aromatic N) is 2.